The van der Waals surface area contributed by atoms with Crippen molar-refractivity contribution in [3.63, 3.8) is 0 Å². The minimum Gasteiger partial charge on any atom is -0.367 e. The molecular weight excluding hydrogens is 216 g/mol. The molecule has 1 aliphatic carbocycles. The molecule has 3 rings (SSSR count). The van der Waals surface area contributed by atoms with Gasteiger partial charge in [-0.15, -0.1) is 0 Å². The summed E-state index contributed by atoms with van der Waals surface area (Å²) >= 11 is 0. The molecule has 92 valence electrons. The van der Waals surface area contributed by atoms with E-state index in [9.17, 15) is 4.79 Å². The number of nitrogens with one attached hydrogen (secondary N) is 1. The van der Waals surface area contributed by atoms with Crippen molar-refractivity contribution in [2.24, 2.45) is 0 Å². The Morgan fingerprint density at radius 3 is 2.88 bits per heavy atom. The van der Waals surface area contributed by atoms with Gasteiger partial charge in [0, 0.05) is 5.56 Å². The maximum Gasteiger partial charge on any atom is 0.254 e. The molecule has 1 aromatic heterocycles. The first-order chi connectivity index (χ1) is 8.24. The average molecular weight is 234 g/mol. The Balaban J connectivity index is 1.96. The van der Waals surface area contributed by atoms with Crippen molar-refractivity contribution in [3.8, 4) is 0 Å². The standard InChI is InChI=1S/C13H18N2O2/c1-8-6-7-11(17-8)12-14-10-5-3-2-4-9(10)13(16)15-12/h8,11H,2-7H2,1H3,(H,14,15,16). The SMILES string of the molecule is CC1CCC(c2nc3c(c(=O)[nH]2)CCCC3)O1. The van der Waals surface area contributed by atoms with Crippen molar-refractivity contribution in [2.45, 2.75) is 57.7 Å². The maximum absolute atomic E-state index is 12.0. The van der Waals surface area contributed by atoms with Crippen LogP contribution in [0.25, 0.3) is 0 Å². The molecule has 0 bridgehead atoms. The van der Waals surface area contributed by atoms with Crippen LogP contribution in [0.4, 0.5) is 0 Å². The molecule has 4 heteroatoms. The molecule has 2 unspecified atom stereocenters. The number of hydrogen-bond donors (Lipinski definition) is 1. The summed E-state index contributed by atoms with van der Waals surface area (Å²) in [6, 6.07) is 0. The second-order valence-electron chi connectivity index (χ2n) is 5.10. The van der Waals surface area contributed by atoms with E-state index in [1.165, 1.54) is 0 Å². The second kappa shape index (κ2) is 4.26. The molecule has 1 aromatic rings. The number of aromatic amines is 1. The highest BCUT2D eigenvalue weighted by Gasteiger charge is 2.27. The summed E-state index contributed by atoms with van der Waals surface area (Å²) in [5.74, 6) is 0.736. The fraction of sp³-hybridized carbons (Fsp3) is 0.692. The minimum absolute atomic E-state index is 0.00933. The van der Waals surface area contributed by atoms with Crippen molar-refractivity contribution in [1.82, 2.24) is 9.97 Å². The van der Waals surface area contributed by atoms with Gasteiger partial charge in [-0.25, -0.2) is 4.98 Å². The van der Waals surface area contributed by atoms with Gasteiger partial charge in [-0.3, -0.25) is 4.79 Å². The Kier molecular flexibility index (Phi) is 2.74. The number of hydrogen-bond acceptors (Lipinski definition) is 3. The van der Waals surface area contributed by atoms with Crippen molar-refractivity contribution < 1.29 is 4.74 Å². The molecule has 2 aliphatic rings. The Morgan fingerprint density at radius 2 is 2.12 bits per heavy atom. The molecule has 4 nitrogen and oxygen atoms in total. The first-order valence-electron chi connectivity index (χ1n) is 6.51. The highest BCUT2D eigenvalue weighted by Crippen LogP contribution is 2.30. The van der Waals surface area contributed by atoms with Crippen LogP contribution in [0.1, 0.15) is 55.8 Å². The number of aromatic nitrogens is 2. The van der Waals surface area contributed by atoms with Crippen LogP contribution in [-0.4, -0.2) is 16.1 Å². The lowest BCUT2D eigenvalue weighted by atomic mass is 9.97. The highest BCUT2D eigenvalue weighted by molar-refractivity contribution is 5.21. The van der Waals surface area contributed by atoms with E-state index in [0.717, 1.165) is 55.6 Å². The molecule has 1 aliphatic heterocycles. The van der Waals surface area contributed by atoms with E-state index in [1.807, 2.05) is 0 Å². The first kappa shape index (κ1) is 11.0. The first-order valence-corrected chi connectivity index (χ1v) is 6.51. The highest BCUT2D eigenvalue weighted by atomic mass is 16.5. The Bertz CT molecular complexity index is 481. The molecule has 0 spiro atoms. The number of rotatable bonds is 1. The summed E-state index contributed by atoms with van der Waals surface area (Å²) in [7, 11) is 0. The maximum atomic E-state index is 12.0. The van der Waals surface area contributed by atoms with Gasteiger partial charge in [0.05, 0.1) is 11.8 Å². The average Bonchev–Trinajstić information content (AvgIpc) is 2.76. The third-order valence-corrected chi connectivity index (χ3v) is 3.75. The van der Waals surface area contributed by atoms with E-state index >= 15 is 0 Å². The predicted molar refractivity (Wildman–Crippen MR) is 64.0 cm³/mol. The quantitative estimate of drug-likeness (QED) is 0.807. The molecular formula is C13H18N2O2. The van der Waals surface area contributed by atoms with Crippen LogP contribution < -0.4 is 5.56 Å². The third-order valence-electron chi connectivity index (χ3n) is 3.75. The Hall–Kier alpha value is -1.16. The van der Waals surface area contributed by atoms with Gasteiger partial charge >= 0.3 is 0 Å². The monoisotopic (exact) mass is 234 g/mol. The van der Waals surface area contributed by atoms with E-state index < -0.39 is 0 Å². The lowest BCUT2D eigenvalue weighted by Gasteiger charge is -2.17. The number of nitrogens with zero attached hydrogens (tertiary/aromatic N) is 1. The van der Waals surface area contributed by atoms with Crippen LogP contribution in [-0.2, 0) is 17.6 Å². The normalized spacial score (nSPS) is 28.1. The molecule has 0 radical (unpaired) electrons. The van der Waals surface area contributed by atoms with Crippen LogP contribution in [0.2, 0.25) is 0 Å². The number of aryl methyl sites for hydroxylation is 1. The molecule has 17 heavy (non-hydrogen) atoms. The lowest BCUT2D eigenvalue weighted by molar-refractivity contribution is 0.0499. The molecule has 1 N–H and O–H groups in total. The fourth-order valence-corrected chi connectivity index (χ4v) is 2.78. The number of H-pyrrole nitrogens is 1. The largest absolute Gasteiger partial charge is 0.367 e. The number of fused-ring (bicyclic) bond motifs is 1. The van der Waals surface area contributed by atoms with E-state index in [4.69, 9.17) is 4.74 Å². The van der Waals surface area contributed by atoms with Crippen LogP contribution in [0.15, 0.2) is 4.79 Å². The summed E-state index contributed by atoms with van der Waals surface area (Å²) in [5, 5.41) is 0. The molecule has 1 fully saturated rings. The van der Waals surface area contributed by atoms with E-state index in [-0.39, 0.29) is 17.8 Å². The smallest absolute Gasteiger partial charge is 0.254 e. The Labute approximate surface area is 100 Å². The van der Waals surface area contributed by atoms with Crippen molar-refractivity contribution in [3.05, 3.63) is 27.4 Å². The topological polar surface area (TPSA) is 55.0 Å². The van der Waals surface area contributed by atoms with Gasteiger partial charge in [0.1, 0.15) is 11.9 Å². The molecule has 0 saturated carbocycles. The van der Waals surface area contributed by atoms with Crippen molar-refractivity contribution in [1.29, 1.82) is 0 Å². The van der Waals surface area contributed by atoms with Crippen LogP contribution in [0, 0.1) is 0 Å². The number of ether oxygens (including phenoxy) is 1. The molecule has 2 atom stereocenters. The summed E-state index contributed by atoms with van der Waals surface area (Å²) < 4.78 is 5.76. The third kappa shape index (κ3) is 2.02. The summed E-state index contributed by atoms with van der Waals surface area (Å²) in [6.45, 7) is 2.07. The summed E-state index contributed by atoms with van der Waals surface area (Å²) in [6.07, 6.45) is 6.34. The van der Waals surface area contributed by atoms with Gasteiger partial charge in [0.2, 0.25) is 0 Å². The van der Waals surface area contributed by atoms with Crippen molar-refractivity contribution in [2.75, 3.05) is 0 Å². The fourth-order valence-electron chi connectivity index (χ4n) is 2.78. The zero-order valence-electron chi connectivity index (χ0n) is 10.2. The molecule has 0 aromatic carbocycles. The summed E-state index contributed by atoms with van der Waals surface area (Å²) in [4.78, 5) is 19.5. The predicted octanol–water partition coefficient (Wildman–Crippen LogP) is 1.89. The van der Waals surface area contributed by atoms with E-state index in [2.05, 4.69) is 16.9 Å². The van der Waals surface area contributed by atoms with Crippen LogP contribution >= 0.6 is 0 Å². The van der Waals surface area contributed by atoms with Gasteiger partial charge in [0.25, 0.3) is 5.56 Å². The van der Waals surface area contributed by atoms with Gasteiger partial charge < -0.3 is 9.72 Å². The van der Waals surface area contributed by atoms with Gasteiger partial charge in [-0.2, -0.15) is 0 Å². The van der Waals surface area contributed by atoms with Crippen LogP contribution in [0.3, 0.4) is 0 Å². The van der Waals surface area contributed by atoms with Crippen molar-refractivity contribution >= 4 is 0 Å². The molecule has 1 saturated heterocycles. The Morgan fingerprint density at radius 1 is 1.29 bits per heavy atom. The molecule has 0 amide bonds. The molecule has 2 heterocycles. The van der Waals surface area contributed by atoms with E-state index in [1.54, 1.807) is 0 Å². The summed E-state index contributed by atoms with van der Waals surface area (Å²) in [5.41, 5.74) is 1.94. The van der Waals surface area contributed by atoms with Crippen LogP contribution in [0.5, 0.6) is 0 Å². The van der Waals surface area contributed by atoms with E-state index in [0.29, 0.717) is 0 Å². The van der Waals surface area contributed by atoms with Gasteiger partial charge in [-0.05, 0) is 45.4 Å². The lowest BCUT2D eigenvalue weighted by Crippen LogP contribution is -2.24. The van der Waals surface area contributed by atoms with Gasteiger partial charge in [0.15, 0.2) is 0 Å². The van der Waals surface area contributed by atoms with Gasteiger partial charge in [-0.1, -0.05) is 0 Å². The minimum atomic E-state index is -0.00933. The zero-order valence-corrected chi connectivity index (χ0v) is 10.2. The second-order valence-corrected chi connectivity index (χ2v) is 5.10. The zero-order chi connectivity index (χ0) is 11.8.